The van der Waals surface area contributed by atoms with E-state index in [1.807, 2.05) is 18.2 Å². The lowest BCUT2D eigenvalue weighted by Gasteiger charge is -2.02. The molecule has 2 heterocycles. The van der Waals surface area contributed by atoms with Gasteiger partial charge in [0, 0.05) is 6.20 Å². The van der Waals surface area contributed by atoms with Crippen molar-refractivity contribution in [1.29, 1.82) is 0 Å². The van der Waals surface area contributed by atoms with Crippen molar-refractivity contribution in [3.8, 4) is 0 Å². The molecule has 0 aliphatic carbocycles. The van der Waals surface area contributed by atoms with E-state index in [1.165, 1.54) is 7.11 Å². The molecule has 0 aliphatic heterocycles. The van der Waals surface area contributed by atoms with Crippen molar-refractivity contribution in [2.24, 2.45) is 0 Å². The van der Waals surface area contributed by atoms with E-state index in [0.29, 0.717) is 16.3 Å². The lowest BCUT2D eigenvalue weighted by atomic mass is 10.3. The van der Waals surface area contributed by atoms with Gasteiger partial charge in [0.15, 0.2) is 0 Å². The topological polar surface area (TPSA) is 68.3 Å². The lowest BCUT2D eigenvalue weighted by molar-refractivity contribution is 0.0606. The van der Waals surface area contributed by atoms with E-state index in [-0.39, 0.29) is 5.91 Å². The van der Waals surface area contributed by atoms with E-state index in [4.69, 9.17) is 0 Å². The number of ether oxygens (including phenoxy) is 1. The molecule has 2 aromatic rings. The number of thiophene rings is 1. The van der Waals surface area contributed by atoms with Crippen LogP contribution in [0.25, 0.3) is 0 Å². The van der Waals surface area contributed by atoms with Crippen LogP contribution < -0.4 is 5.32 Å². The molecule has 5 nitrogen and oxygen atoms in total. The Balaban J connectivity index is 1.97. The molecular weight excluding hydrogens is 264 g/mol. The molecule has 0 bridgehead atoms. The fraction of sp³-hybridized carbons (Fsp3) is 0.154. The Morgan fingerprint density at radius 2 is 2.05 bits per heavy atom. The van der Waals surface area contributed by atoms with E-state index in [1.54, 1.807) is 18.3 Å². The first-order chi connectivity index (χ1) is 9.20. The van der Waals surface area contributed by atoms with Gasteiger partial charge in [-0.25, -0.2) is 4.79 Å². The van der Waals surface area contributed by atoms with Crippen molar-refractivity contribution < 1.29 is 14.3 Å². The van der Waals surface area contributed by atoms with Crippen molar-refractivity contribution in [3.63, 3.8) is 0 Å². The van der Waals surface area contributed by atoms with Crippen LogP contribution in [0.4, 0.5) is 0 Å². The first-order valence-electron chi connectivity index (χ1n) is 5.57. The van der Waals surface area contributed by atoms with Gasteiger partial charge in [-0.3, -0.25) is 9.78 Å². The molecule has 6 heteroatoms. The highest BCUT2D eigenvalue weighted by Crippen LogP contribution is 2.17. The molecule has 0 spiro atoms. The SMILES string of the molecule is COC(=O)c1ccc(C(=O)NCc2ccccn2)s1. The summed E-state index contributed by atoms with van der Waals surface area (Å²) in [5, 5.41) is 2.74. The van der Waals surface area contributed by atoms with Crippen molar-refractivity contribution in [2.75, 3.05) is 7.11 Å². The Bertz CT molecular complexity index is 581. The van der Waals surface area contributed by atoms with E-state index in [2.05, 4.69) is 15.0 Å². The quantitative estimate of drug-likeness (QED) is 0.865. The van der Waals surface area contributed by atoms with Crippen LogP contribution in [-0.2, 0) is 11.3 Å². The summed E-state index contributed by atoms with van der Waals surface area (Å²) in [6, 6.07) is 8.67. The number of carbonyl (C=O) groups is 2. The third-order valence-corrected chi connectivity index (χ3v) is 3.44. The third-order valence-electron chi connectivity index (χ3n) is 2.37. The molecule has 0 atom stereocenters. The third kappa shape index (κ3) is 3.38. The van der Waals surface area contributed by atoms with E-state index in [0.717, 1.165) is 17.0 Å². The molecule has 0 fully saturated rings. The molecule has 1 amide bonds. The molecule has 2 aromatic heterocycles. The van der Waals surface area contributed by atoms with Gasteiger partial charge in [-0.1, -0.05) is 6.07 Å². The van der Waals surface area contributed by atoms with Crippen LogP contribution in [0.5, 0.6) is 0 Å². The highest BCUT2D eigenvalue weighted by molar-refractivity contribution is 7.15. The standard InChI is InChI=1S/C13H12N2O3S/c1-18-13(17)11-6-5-10(19-11)12(16)15-8-9-4-2-3-7-14-9/h2-7H,8H2,1H3,(H,15,16). The number of esters is 1. The Hall–Kier alpha value is -2.21. The van der Waals surface area contributed by atoms with Crippen molar-refractivity contribution >= 4 is 23.2 Å². The van der Waals surface area contributed by atoms with Gasteiger partial charge in [0.25, 0.3) is 5.91 Å². The fourth-order valence-electron chi connectivity index (χ4n) is 1.43. The molecular formula is C13H12N2O3S. The number of methoxy groups -OCH3 is 1. The monoisotopic (exact) mass is 276 g/mol. The summed E-state index contributed by atoms with van der Waals surface area (Å²) in [4.78, 5) is 28.1. The summed E-state index contributed by atoms with van der Waals surface area (Å²) < 4.78 is 4.59. The number of nitrogens with zero attached hydrogens (tertiary/aromatic N) is 1. The maximum absolute atomic E-state index is 11.9. The number of pyridine rings is 1. The molecule has 0 saturated carbocycles. The minimum atomic E-state index is -0.436. The summed E-state index contributed by atoms with van der Waals surface area (Å²) >= 11 is 1.10. The zero-order chi connectivity index (χ0) is 13.7. The van der Waals surface area contributed by atoms with Gasteiger partial charge in [0.1, 0.15) is 4.88 Å². The first-order valence-corrected chi connectivity index (χ1v) is 6.38. The molecule has 0 radical (unpaired) electrons. The van der Waals surface area contributed by atoms with Crippen LogP contribution in [0.15, 0.2) is 36.5 Å². The minimum absolute atomic E-state index is 0.231. The molecule has 98 valence electrons. The number of hydrogen-bond donors (Lipinski definition) is 1. The van der Waals surface area contributed by atoms with Crippen molar-refractivity contribution in [1.82, 2.24) is 10.3 Å². The van der Waals surface area contributed by atoms with Gasteiger partial charge < -0.3 is 10.1 Å². The minimum Gasteiger partial charge on any atom is -0.465 e. The number of nitrogens with one attached hydrogen (secondary N) is 1. The lowest BCUT2D eigenvalue weighted by Crippen LogP contribution is -2.22. The summed E-state index contributed by atoms with van der Waals surface area (Å²) in [6.07, 6.45) is 1.67. The molecule has 0 unspecified atom stereocenters. The summed E-state index contributed by atoms with van der Waals surface area (Å²) in [5.41, 5.74) is 0.778. The maximum atomic E-state index is 11.9. The predicted molar refractivity (Wildman–Crippen MR) is 71.1 cm³/mol. The highest BCUT2D eigenvalue weighted by atomic mass is 32.1. The number of amides is 1. The number of rotatable bonds is 4. The van der Waals surface area contributed by atoms with Crippen LogP contribution in [0.3, 0.4) is 0 Å². The van der Waals surface area contributed by atoms with Crippen LogP contribution in [0.2, 0.25) is 0 Å². The first kappa shape index (κ1) is 13.2. The normalized spacial score (nSPS) is 9.95. The fourth-order valence-corrected chi connectivity index (χ4v) is 2.27. The summed E-state index contributed by atoms with van der Waals surface area (Å²) in [5.74, 6) is -0.667. The second kappa shape index (κ2) is 6.10. The highest BCUT2D eigenvalue weighted by Gasteiger charge is 2.13. The van der Waals surface area contributed by atoms with E-state index >= 15 is 0 Å². The Morgan fingerprint density at radius 3 is 2.74 bits per heavy atom. The number of aromatic nitrogens is 1. The smallest absolute Gasteiger partial charge is 0.348 e. The predicted octanol–water partition coefficient (Wildman–Crippen LogP) is 1.86. The molecule has 0 aromatic carbocycles. The molecule has 2 rings (SSSR count). The van der Waals surface area contributed by atoms with Crippen LogP contribution >= 0.6 is 11.3 Å². The molecule has 19 heavy (non-hydrogen) atoms. The van der Waals surface area contributed by atoms with E-state index in [9.17, 15) is 9.59 Å². The van der Waals surface area contributed by atoms with Gasteiger partial charge in [-0.05, 0) is 24.3 Å². The van der Waals surface area contributed by atoms with Crippen LogP contribution in [0, 0.1) is 0 Å². The Kier molecular flexibility index (Phi) is 4.25. The maximum Gasteiger partial charge on any atom is 0.348 e. The Morgan fingerprint density at radius 1 is 1.26 bits per heavy atom. The van der Waals surface area contributed by atoms with E-state index < -0.39 is 5.97 Å². The molecule has 0 aliphatic rings. The average molecular weight is 276 g/mol. The van der Waals surface area contributed by atoms with Crippen molar-refractivity contribution in [3.05, 3.63) is 52.0 Å². The zero-order valence-electron chi connectivity index (χ0n) is 10.3. The Labute approximate surface area is 114 Å². The largest absolute Gasteiger partial charge is 0.465 e. The second-order valence-electron chi connectivity index (χ2n) is 3.66. The van der Waals surface area contributed by atoms with Gasteiger partial charge in [0.2, 0.25) is 0 Å². The molecule has 1 N–H and O–H groups in total. The van der Waals surface area contributed by atoms with Crippen LogP contribution in [-0.4, -0.2) is 24.0 Å². The average Bonchev–Trinajstić information content (AvgIpc) is 2.95. The molecule has 0 saturated heterocycles. The number of carbonyl (C=O) groups excluding carboxylic acids is 2. The van der Waals surface area contributed by atoms with Crippen LogP contribution in [0.1, 0.15) is 25.0 Å². The van der Waals surface area contributed by atoms with Gasteiger partial charge in [-0.2, -0.15) is 0 Å². The van der Waals surface area contributed by atoms with Gasteiger partial charge in [0.05, 0.1) is 24.2 Å². The summed E-state index contributed by atoms with van der Waals surface area (Å²) in [7, 11) is 1.31. The zero-order valence-corrected chi connectivity index (χ0v) is 11.1. The second-order valence-corrected chi connectivity index (χ2v) is 4.74. The van der Waals surface area contributed by atoms with Gasteiger partial charge >= 0.3 is 5.97 Å². The van der Waals surface area contributed by atoms with Crippen molar-refractivity contribution in [2.45, 2.75) is 6.54 Å². The number of hydrogen-bond acceptors (Lipinski definition) is 5. The summed E-state index contributed by atoms with van der Waals surface area (Å²) in [6.45, 7) is 0.352. The van der Waals surface area contributed by atoms with Gasteiger partial charge in [-0.15, -0.1) is 11.3 Å².